The van der Waals surface area contributed by atoms with Gasteiger partial charge in [0.05, 0.1) is 11.3 Å². The normalized spacial score (nSPS) is 24.5. The number of nitrogens with one attached hydrogen (secondary N) is 1. The second kappa shape index (κ2) is 9.26. The fourth-order valence-electron chi connectivity index (χ4n) is 4.30. The van der Waals surface area contributed by atoms with Gasteiger partial charge in [0.25, 0.3) is 5.91 Å². The molecule has 2 aliphatic heterocycles. The van der Waals surface area contributed by atoms with E-state index in [-0.39, 0.29) is 29.5 Å². The molecule has 0 unspecified atom stereocenters. The van der Waals surface area contributed by atoms with Crippen LogP contribution in [0.1, 0.15) is 75.0 Å². The van der Waals surface area contributed by atoms with E-state index in [0.717, 1.165) is 38.0 Å². The van der Waals surface area contributed by atoms with Gasteiger partial charge in [0.15, 0.2) is 0 Å². The summed E-state index contributed by atoms with van der Waals surface area (Å²) in [6.07, 6.45) is 3.80. The fraction of sp³-hybridized carbons (Fsp3) is 0.762. The Kier molecular flexibility index (Phi) is 6.95. The zero-order valence-electron chi connectivity index (χ0n) is 17.8. The molecule has 1 atom stereocenters. The molecule has 0 radical (unpaired) electrons. The molecule has 2 N–H and O–H groups in total. The Morgan fingerprint density at radius 1 is 1.28 bits per heavy atom. The average molecular weight is 407 g/mol. The largest absolute Gasteiger partial charge is 0.388 e. The predicted molar refractivity (Wildman–Crippen MR) is 109 cm³/mol. The summed E-state index contributed by atoms with van der Waals surface area (Å²) in [5, 5.41) is 18.1. The number of aliphatic hydroxyl groups is 1. The third kappa shape index (κ3) is 5.79. The Hall–Kier alpha value is -1.93. The van der Waals surface area contributed by atoms with Crippen LogP contribution in [-0.4, -0.2) is 76.2 Å². The highest BCUT2D eigenvalue weighted by Gasteiger charge is 2.35. The van der Waals surface area contributed by atoms with Crippen molar-refractivity contribution < 1.29 is 19.2 Å². The van der Waals surface area contributed by atoms with E-state index in [1.54, 1.807) is 17.9 Å². The lowest BCUT2D eigenvalue weighted by Crippen LogP contribution is -2.50. The van der Waals surface area contributed by atoms with Crippen LogP contribution in [0.25, 0.3) is 0 Å². The first-order valence-corrected chi connectivity index (χ1v) is 10.7. The van der Waals surface area contributed by atoms with Crippen molar-refractivity contribution in [1.82, 2.24) is 20.3 Å². The predicted octanol–water partition coefficient (Wildman–Crippen LogP) is 1.76. The van der Waals surface area contributed by atoms with Crippen molar-refractivity contribution in [3.8, 4) is 0 Å². The molecule has 1 aromatic heterocycles. The van der Waals surface area contributed by atoms with Gasteiger partial charge >= 0.3 is 0 Å². The number of amides is 2. The molecule has 0 spiro atoms. The number of piperidine rings is 1. The molecule has 0 saturated carbocycles. The Bertz CT molecular complexity index is 711. The molecule has 8 nitrogen and oxygen atoms in total. The number of rotatable bonds is 5. The third-order valence-corrected chi connectivity index (χ3v) is 6.05. The summed E-state index contributed by atoms with van der Waals surface area (Å²) < 4.78 is 5.25. The van der Waals surface area contributed by atoms with Crippen LogP contribution in [0, 0.1) is 0 Å². The van der Waals surface area contributed by atoms with Crippen LogP contribution in [0.4, 0.5) is 0 Å². The van der Waals surface area contributed by atoms with Crippen molar-refractivity contribution in [1.29, 1.82) is 0 Å². The summed E-state index contributed by atoms with van der Waals surface area (Å²) in [6.45, 7) is 9.04. The van der Waals surface area contributed by atoms with Crippen LogP contribution < -0.4 is 5.32 Å². The van der Waals surface area contributed by atoms with E-state index in [1.165, 1.54) is 0 Å². The van der Waals surface area contributed by atoms with Gasteiger partial charge in [-0.05, 0) is 38.0 Å². The van der Waals surface area contributed by atoms with Gasteiger partial charge in [0.2, 0.25) is 11.7 Å². The molecule has 3 heterocycles. The molecule has 0 aromatic carbocycles. The number of likely N-dealkylation sites (tertiary alicyclic amines) is 2. The monoisotopic (exact) mass is 406 g/mol. The molecule has 0 bridgehead atoms. The summed E-state index contributed by atoms with van der Waals surface area (Å²) in [5.74, 6) is 0.358. The number of aromatic nitrogens is 1. The van der Waals surface area contributed by atoms with Gasteiger partial charge in [-0.3, -0.25) is 9.59 Å². The standard InChI is InChI=1S/C21H34N4O4/c1-15(2)18-13-19(29-23-18)20(27)25-9-4-7-21(28,8-12-25)14-24-10-5-17(6-11-24)22-16(3)26/h13,15,17,28H,4-12,14H2,1-3H3,(H,22,26)/t21-/m0/s1. The van der Waals surface area contributed by atoms with E-state index >= 15 is 0 Å². The van der Waals surface area contributed by atoms with Gasteiger partial charge in [-0.1, -0.05) is 19.0 Å². The molecule has 3 rings (SSSR count). The molecule has 8 heteroatoms. The maximum Gasteiger partial charge on any atom is 0.292 e. The van der Waals surface area contributed by atoms with E-state index < -0.39 is 5.60 Å². The fourth-order valence-corrected chi connectivity index (χ4v) is 4.30. The van der Waals surface area contributed by atoms with Crippen molar-refractivity contribution >= 4 is 11.8 Å². The summed E-state index contributed by atoms with van der Waals surface area (Å²) in [7, 11) is 0. The summed E-state index contributed by atoms with van der Waals surface area (Å²) in [6, 6.07) is 1.96. The molecule has 162 valence electrons. The summed E-state index contributed by atoms with van der Waals surface area (Å²) >= 11 is 0. The van der Waals surface area contributed by atoms with Crippen LogP contribution in [0.15, 0.2) is 10.6 Å². The number of nitrogens with zero attached hydrogens (tertiary/aromatic N) is 3. The van der Waals surface area contributed by atoms with Gasteiger partial charge < -0.3 is 24.7 Å². The molecule has 2 fully saturated rings. The lowest BCUT2D eigenvalue weighted by atomic mass is 9.93. The van der Waals surface area contributed by atoms with Crippen molar-refractivity contribution in [2.75, 3.05) is 32.7 Å². The highest BCUT2D eigenvalue weighted by molar-refractivity contribution is 5.91. The number of carbonyl (C=O) groups is 2. The smallest absolute Gasteiger partial charge is 0.292 e. The van der Waals surface area contributed by atoms with E-state index in [9.17, 15) is 14.7 Å². The van der Waals surface area contributed by atoms with Crippen LogP contribution in [0.2, 0.25) is 0 Å². The van der Waals surface area contributed by atoms with E-state index in [4.69, 9.17) is 4.52 Å². The van der Waals surface area contributed by atoms with E-state index in [2.05, 4.69) is 15.4 Å². The molecule has 2 aliphatic rings. The van der Waals surface area contributed by atoms with Gasteiger partial charge in [-0.15, -0.1) is 0 Å². The highest BCUT2D eigenvalue weighted by atomic mass is 16.5. The number of carbonyl (C=O) groups excluding carboxylic acids is 2. The Morgan fingerprint density at radius 2 is 2.00 bits per heavy atom. The first kappa shape index (κ1) is 21.8. The minimum Gasteiger partial charge on any atom is -0.388 e. The van der Waals surface area contributed by atoms with Gasteiger partial charge in [-0.2, -0.15) is 0 Å². The Labute approximate surface area is 172 Å². The SMILES string of the molecule is CC(=O)NC1CCN(C[C@]2(O)CCCN(C(=O)c3cc(C(C)C)no3)CC2)CC1. The van der Waals surface area contributed by atoms with Crippen molar-refractivity contribution in [2.24, 2.45) is 0 Å². The minimum absolute atomic E-state index is 0.0166. The first-order chi connectivity index (χ1) is 13.8. The molecule has 0 aliphatic carbocycles. The molecular formula is C21H34N4O4. The molecule has 1 aromatic rings. The number of hydrogen-bond donors (Lipinski definition) is 2. The minimum atomic E-state index is -0.791. The molecule has 2 saturated heterocycles. The molecule has 2 amide bonds. The van der Waals surface area contributed by atoms with Gasteiger partial charge in [0.1, 0.15) is 0 Å². The van der Waals surface area contributed by atoms with E-state index in [0.29, 0.717) is 32.5 Å². The van der Waals surface area contributed by atoms with Crippen LogP contribution in [-0.2, 0) is 4.79 Å². The Balaban J connectivity index is 1.52. The van der Waals surface area contributed by atoms with Crippen LogP contribution in [0.3, 0.4) is 0 Å². The summed E-state index contributed by atoms with van der Waals surface area (Å²) in [4.78, 5) is 28.0. The van der Waals surface area contributed by atoms with Crippen LogP contribution >= 0.6 is 0 Å². The van der Waals surface area contributed by atoms with Crippen molar-refractivity contribution in [3.63, 3.8) is 0 Å². The maximum absolute atomic E-state index is 12.8. The second-order valence-corrected chi connectivity index (χ2v) is 8.89. The second-order valence-electron chi connectivity index (χ2n) is 8.89. The zero-order chi connectivity index (χ0) is 21.0. The molecule has 29 heavy (non-hydrogen) atoms. The van der Waals surface area contributed by atoms with Crippen molar-refractivity contribution in [2.45, 2.75) is 70.4 Å². The van der Waals surface area contributed by atoms with Gasteiger partial charge in [0, 0.05) is 51.8 Å². The zero-order valence-corrected chi connectivity index (χ0v) is 17.8. The number of hydrogen-bond acceptors (Lipinski definition) is 6. The van der Waals surface area contributed by atoms with Crippen LogP contribution in [0.5, 0.6) is 0 Å². The quantitative estimate of drug-likeness (QED) is 0.773. The highest BCUT2D eigenvalue weighted by Crippen LogP contribution is 2.26. The lowest BCUT2D eigenvalue weighted by molar-refractivity contribution is -0.120. The molecular weight excluding hydrogens is 372 g/mol. The first-order valence-electron chi connectivity index (χ1n) is 10.7. The van der Waals surface area contributed by atoms with E-state index in [1.807, 2.05) is 13.8 Å². The third-order valence-electron chi connectivity index (χ3n) is 6.05. The van der Waals surface area contributed by atoms with Gasteiger partial charge in [-0.25, -0.2) is 0 Å². The van der Waals surface area contributed by atoms with Crippen molar-refractivity contribution in [3.05, 3.63) is 17.5 Å². The lowest BCUT2D eigenvalue weighted by Gasteiger charge is -2.38. The number of β-amino-alcohol motifs (C(OH)–C–C–N with tert-alkyl or cyclic N) is 1. The topological polar surface area (TPSA) is 98.9 Å². The Morgan fingerprint density at radius 3 is 2.62 bits per heavy atom. The average Bonchev–Trinajstić information content (AvgIpc) is 3.08. The maximum atomic E-state index is 12.8. The summed E-state index contributed by atoms with van der Waals surface area (Å²) in [5.41, 5.74) is -0.0113.